The summed E-state index contributed by atoms with van der Waals surface area (Å²) in [5, 5.41) is 3.51. The molecule has 2 aliphatic rings. The van der Waals surface area contributed by atoms with Crippen molar-refractivity contribution >= 4 is 23.5 Å². The molecule has 5 rings (SSSR count). The number of ether oxygens (including phenoxy) is 2. The van der Waals surface area contributed by atoms with E-state index in [9.17, 15) is 0 Å². The Morgan fingerprint density at radius 2 is 1.97 bits per heavy atom. The molecular weight excluding hydrogens is 430 g/mol. The number of nitrogens with one attached hydrogen (secondary N) is 1. The first-order chi connectivity index (χ1) is 16.6. The first-order valence-corrected chi connectivity index (χ1v) is 11.4. The average molecular weight is 460 g/mol. The molecule has 4 heterocycles. The third-order valence-corrected chi connectivity index (χ3v) is 5.92. The van der Waals surface area contributed by atoms with Gasteiger partial charge >= 0.3 is 0 Å². The van der Waals surface area contributed by atoms with Crippen LogP contribution in [0.25, 0.3) is 17.3 Å². The van der Waals surface area contributed by atoms with E-state index in [-0.39, 0.29) is 5.95 Å². The van der Waals surface area contributed by atoms with Crippen molar-refractivity contribution in [3.05, 3.63) is 60.1 Å². The van der Waals surface area contributed by atoms with E-state index in [1.165, 1.54) is 0 Å². The minimum absolute atomic E-state index is 0.243. The van der Waals surface area contributed by atoms with Gasteiger partial charge in [0, 0.05) is 68.5 Å². The van der Waals surface area contributed by atoms with Crippen LogP contribution in [0, 0.1) is 0 Å². The number of hydrogen-bond acceptors (Lipinski definition) is 9. The number of rotatable bonds is 7. The van der Waals surface area contributed by atoms with Crippen LogP contribution in [0.1, 0.15) is 11.1 Å². The van der Waals surface area contributed by atoms with Gasteiger partial charge in [0.15, 0.2) is 0 Å². The van der Waals surface area contributed by atoms with Crippen molar-refractivity contribution < 1.29 is 9.47 Å². The molecule has 34 heavy (non-hydrogen) atoms. The molecule has 3 N–H and O–H groups in total. The van der Waals surface area contributed by atoms with Gasteiger partial charge in [-0.15, -0.1) is 0 Å². The van der Waals surface area contributed by atoms with Crippen LogP contribution in [-0.4, -0.2) is 71.3 Å². The molecule has 1 aromatic carbocycles. The van der Waals surface area contributed by atoms with Crippen LogP contribution in [0.3, 0.4) is 0 Å². The Morgan fingerprint density at radius 3 is 2.79 bits per heavy atom. The van der Waals surface area contributed by atoms with E-state index in [1.807, 2.05) is 31.3 Å². The fraction of sp³-hybridized carbons (Fsp3) is 0.320. The van der Waals surface area contributed by atoms with Gasteiger partial charge in [-0.05, 0) is 36.0 Å². The number of morpholine rings is 1. The number of benzene rings is 1. The lowest BCUT2D eigenvalue weighted by atomic mass is 10.0. The van der Waals surface area contributed by atoms with Gasteiger partial charge in [-0.3, -0.25) is 4.90 Å². The molecule has 0 atom stereocenters. The minimum atomic E-state index is 0.243. The minimum Gasteiger partial charge on any atom is -0.492 e. The first kappa shape index (κ1) is 22.1. The lowest BCUT2D eigenvalue weighted by molar-refractivity contribution is 0.0322. The third kappa shape index (κ3) is 5.27. The summed E-state index contributed by atoms with van der Waals surface area (Å²) in [4.78, 5) is 17.6. The van der Waals surface area contributed by atoms with Crippen LogP contribution in [0.15, 0.2) is 48.9 Å². The average Bonchev–Trinajstić information content (AvgIpc) is 2.86. The van der Waals surface area contributed by atoms with Crippen molar-refractivity contribution in [2.45, 2.75) is 6.54 Å². The van der Waals surface area contributed by atoms with Crippen molar-refractivity contribution in [2.75, 3.05) is 57.6 Å². The molecule has 9 nitrogen and oxygen atoms in total. The molecule has 0 aliphatic carbocycles. The van der Waals surface area contributed by atoms with Crippen molar-refractivity contribution in [1.82, 2.24) is 24.8 Å². The summed E-state index contributed by atoms with van der Waals surface area (Å²) >= 11 is 0. The van der Waals surface area contributed by atoms with E-state index in [2.05, 4.69) is 43.4 Å². The highest BCUT2D eigenvalue weighted by atomic mass is 16.5. The number of hydrogen-bond donors (Lipinski definition) is 2. The molecule has 0 spiro atoms. The predicted molar refractivity (Wildman–Crippen MR) is 133 cm³/mol. The van der Waals surface area contributed by atoms with E-state index < -0.39 is 0 Å². The van der Waals surface area contributed by atoms with Gasteiger partial charge in [-0.25, -0.2) is 15.0 Å². The van der Waals surface area contributed by atoms with Crippen molar-refractivity contribution in [2.24, 2.45) is 0 Å². The normalized spacial score (nSPS) is 15.7. The molecule has 3 aromatic rings. The van der Waals surface area contributed by atoms with Crippen molar-refractivity contribution in [3.8, 4) is 17.0 Å². The van der Waals surface area contributed by atoms with Crippen LogP contribution in [-0.2, 0) is 11.3 Å². The van der Waals surface area contributed by atoms with Crippen LogP contribution in [0.5, 0.6) is 5.75 Å². The second kappa shape index (κ2) is 10.1. The zero-order valence-corrected chi connectivity index (χ0v) is 19.3. The highest BCUT2D eigenvalue weighted by Crippen LogP contribution is 2.32. The summed E-state index contributed by atoms with van der Waals surface area (Å²) in [5.41, 5.74) is 10.4. The molecule has 2 aliphatic heterocycles. The van der Waals surface area contributed by atoms with Gasteiger partial charge in [-0.1, -0.05) is 6.07 Å². The Balaban J connectivity index is 1.36. The standard InChI is InChI=1S/C25H29N7O2/c1-31-6-5-18-13-23(19-15-27-25(26)28-16-19)30-24(22(18)17-31)29-20-3-2-4-21(14-20)34-12-9-32-7-10-33-11-8-32/h2-6,13-16H,7-12,17H2,1H3,(H,29,30)(H2,26,27,28). The van der Waals surface area contributed by atoms with Crippen LogP contribution >= 0.6 is 0 Å². The maximum absolute atomic E-state index is 6.03. The second-order valence-electron chi connectivity index (χ2n) is 8.44. The van der Waals surface area contributed by atoms with E-state index in [4.69, 9.17) is 20.2 Å². The van der Waals surface area contributed by atoms with Crippen LogP contribution in [0.2, 0.25) is 0 Å². The molecule has 0 saturated carbocycles. The summed E-state index contributed by atoms with van der Waals surface area (Å²) in [7, 11) is 2.05. The van der Waals surface area contributed by atoms with Gasteiger partial charge < -0.3 is 25.4 Å². The van der Waals surface area contributed by atoms with Gasteiger partial charge in [0.05, 0.1) is 18.9 Å². The van der Waals surface area contributed by atoms with Crippen molar-refractivity contribution in [3.63, 3.8) is 0 Å². The van der Waals surface area contributed by atoms with E-state index in [0.717, 1.165) is 79.0 Å². The molecule has 0 bridgehead atoms. The molecule has 0 unspecified atom stereocenters. The maximum Gasteiger partial charge on any atom is 0.219 e. The Bertz CT molecular complexity index is 1160. The zero-order valence-electron chi connectivity index (χ0n) is 19.3. The maximum atomic E-state index is 6.03. The molecule has 9 heteroatoms. The molecule has 1 saturated heterocycles. The quantitative estimate of drug-likeness (QED) is 0.552. The smallest absolute Gasteiger partial charge is 0.219 e. The number of pyridine rings is 1. The molecule has 1 fully saturated rings. The summed E-state index contributed by atoms with van der Waals surface area (Å²) in [6.45, 7) is 5.79. The number of nitrogens with zero attached hydrogens (tertiary/aromatic N) is 5. The number of fused-ring (bicyclic) bond motifs is 1. The molecular formula is C25H29N7O2. The number of nitrogens with two attached hydrogens (primary N) is 1. The van der Waals surface area contributed by atoms with E-state index >= 15 is 0 Å². The lowest BCUT2D eigenvalue weighted by Gasteiger charge is -2.26. The highest BCUT2D eigenvalue weighted by Gasteiger charge is 2.17. The van der Waals surface area contributed by atoms with Gasteiger partial charge in [0.25, 0.3) is 0 Å². The fourth-order valence-corrected chi connectivity index (χ4v) is 4.06. The van der Waals surface area contributed by atoms with Crippen LogP contribution in [0.4, 0.5) is 17.5 Å². The van der Waals surface area contributed by atoms with Gasteiger partial charge in [-0.2, -0.15) is 0 Å². The number of aromatic nitrogens is 3. The fourth-order valence-electron chi connectivity index (χ4n) is 4.06. The highest BCUT2D eigenvalue weighted by molar-refractivity contribution is 5.73. The summed E-state index contributed by atoms with van der Waals surface area (Å²) in [6, 6.07) is 10.1. The Morgan fingerprint density at radius 1 is 1.15 bits per heavy atom. The third-order valence-electron chi connectivity index (χ3n) is 5.92. The number of nitrogen functional groups attached to an aromatic ring is 1. The predicted octanol–water partition coefficient (Wildman–Crippen LogP) is 2.99. The molecule has 0 amide bonds. The largest absolute Gasteiger partial charge is 0.492 e. The molecule has 0 radical (unpaired) electrons. The summed E-state index contributed by atoms with van der Waals surface area (Å²) in [6.07, 6.45) is 7.56. The second-order valence-corrected chi connectivity index (χ2v) is 8.44. The molecule has 2 aromatic heterocycles. The Labute approximate surface area is 199 Å². The van der Waals surface area contributed by atoms with E-state index in [1.54, 1.807) is 12.4 Å². The monoisotopic (exact) mass is 459 g/mol. The van der Waals surface area contributed by atoms with Crippen LogP contribution < -0.4 is 15.8 Å². The van der Waals surface area contributed by atoms with E-state index in [0.29, 0.717) is 6.61 Å². The lowest BCUT2D eigenvalue weighted by Crippen LogP contribution is -2.38. The number of anilines is 3. The SMILES string of the molecule is CN1C=Cc2cc(-c3cnc(N)nc3)nc(Nc3cccc(OCCN4CCOCC4)c3)c2C1. The topological polar surface area (TPSA) is 102 Å². The zero-order chi connectivity index (χ0) is 23.3. The summed E-state index contributed by atoms with van der Waals surface area (Å²) < 4.78 is 11.4. The van der Waals surface area contributed by atoms with Gasteiger partial charge in [0.1, 0.15) is 18.2 Å². The Kier molecular flexibility index (Phi) is 6.55. The Hall–Kier alpha value is -3.69. The first-order valence-electron chi connectivity index (χ1n) is 11.4. The van der Waals surface area contributed by atoms with Gasteiger partial charge in [0.2, 0.25) is 5.95 Å². The van der Waals surface area contributed by atoms with Crippen molar-refractivity contribution in [1.29, 1.82) is 0 Å². The summed E-state index contributed by atoms with van der Waals surface area (Å²) in [5.74, 6) is 1.87. The molecule has 176 valence electrons.